The fourth-order valence-electron chi connectivity index (χ4n) is 3.12. The first kappa shape index (κ1) is 13.9. The molecule has 3 rings (SSSR count). The van der Waals surface area contributed by atoms with E-state index in [4.69, 9.17) is 0 Å². The molecule has 3 fully saturated rings. The highest BCUT2D eigenvalue weighted by atomic mass is 32.2. The molecule has 112 valence electrons. The Balaban J connectivity index is 1.74. The molecular weight excluding hydrogens is 280 g/mol. The zero-order chi connectivity index (χ0) is 14.3. The number of hydrogen-bond acceptors (Lipinski definition) is 4. The molecule has 3 aliphatic rings. The van der Waals surface area contributed by atoms with E-state index in [2.05, 4.69) is 5.32 Å². The van der Waals surface area contributed by atoms with Crippen molar-refractivity contribution in [1.29, 1.82) is 0 Å². The third kappa shape index (κ3) is 2.82. The highest BCUT2D eigenvalue weighted by Crippen LogP contribution is 2.35. The van der Waals surface area contributed by atoms with Crippen molar-refractivity contribution < 1.29 is 18.0 Å². The van der Waals surface area contributed by atoms with Gasteiger partial charge in [0.15, 0.2) is 0 Å². The lowest BCUT2D eigenvalue weighted by molar-refractivity contribution is -0.136. The number of carbonyl (C=O) groups excluding carboxylic acids is 2. The lowest BCUT2D eigenvalue weighted by atomic mass is 10.1. The smallest absolute Gasteiger partial charge is 0.245 e. The molecule has 2 heterocycles. The average molecular weight is 300 g/mol. The van der Waals surface area contributed by atoms with Gasteiger partial charge < -0.3 is 10.2 Å². The van der Waals surface area contributed by atoms with Gasteiger partial charge in [0.25, 0.3) is 0 Å². The lowest BCUT2D eigenvalue weighted by Gasteiger charge is -2.34. The number of nitrogens with zero attached hydrogens (tertiary/aromatic N) is 1. The van der Waals surface area contributed by atoms with E-state index in [-0.39, 0.29) is 41.3 Å². The summed E-state index contributed by atoms with van der Waals surface area (Å²) in [6, 6.07) is -0.413. The minimum Gasteiger partial charge on any atom is -0.344 e. The van der Waals surface area contributed by atoms with Crippen LogP contribution in [0.15, 0.2) is 0 Å². The van der Waals surface area contributed by atoms with E-state index < -0.39 is 9.84 Å². The third-order valence-corrected chi connectivity index (χ3v) is 6.22. The van der Waals surface area contributed by atoms with Crippen LogP contribution in [0.3, 0.4) is 0 Å². The first-order chi connectivity index (χ1) is 9.46. The molecule has 0 aromatic carbocycles. The molecule has 0 aromatic heterocycles. The molecule has 2 aliphatic heterocycles. The van der Waals surface area contributed by atoms with Crippen LogP contribution in [0.25, 0.3) is 0 Å². The second-order valence-electron chi connectivity index (χ2n) is 6.05. The third-order valence-electron chi connectivity index (χ3n) is 4.50. The molecule has 0 spiro atoms. The Morgan fingerprint density at radius 3 is 2.30 bits per heavy atom. The minimum atomic E-state index is -2.93. The molecule has 20 heavy (non-hydrogen) atoms. The second kappa shape index (κ2) is 5.02. The molecule has 1 saturated carbocycles. The van der Waals surface area contributed by atoms with Crippen LogP contribution < -0.4 is 5.32 Å². The molecule has 0 aromatic rings. The first-order valence-corrected chi connectivity index (χ1v) is 9.09. The van der Waals surface area contributed by atoms with Crippen LogP contribution >= 0.6 is 0 Å². The maximum Gasteiger partial charge on any atom is 0.245 e. The van der Waals surface area contributed by atoms with Gasteiger partial charge >= 0.3 is 0 Å². The fraction of sp³-hybridized carbons (Fsp3) is 0.846. The second-order valence-corrected chi connectivity index (χ2v) is 8.35. The van der Waals surface area contributed by atoms with E-state index in [0.29, 0.717) is 25.8 Å². The molecule has 7 heteroatoms. The van der Waals surface area contributed by atoms with Crippen LogP contribution in [-0.2, 0) is 19.4 Å². The van der Waals surface area contributed by atoms with Crippen molar-refractivity contribution in [2.24, 2.45) is 5.92 Å². The van der Waals surface area contributed by atoms with Crippen molar-refractivity contribution >= 4 is 21.7 Å². The van der Waals surface area contributed by atoms with Gasteiger partial charge in [-0.15, -0.1) is 0 Å². The first-order valence-electron chi connectivity index (χ1n) is 7.26. The molecule has 6 nitrogen and oxygen atoms in total. The number of nitrogens with one attached hydrogen (secondary N) is 1. The zero-order valence-electron chi connectivity index (χ0n) is 11.4. The van der Waals surface area contributed by atoms with Gasteiger partial charge in [0.05, 0.1) is 11.5 Å². The number of sulfone groups is 1. The summed E-state index contributed by atoms with van der Waals surface area (Å²) in [5.74, 6) is 0.497. The minimum absolute atomic E-state index is 0.0114. The molecule has 0 bridgehead atoms. The van der Waals surface area contributed by atoms with E-state index in [1.807, 2.05) is 0 Å². The van der Waals surface area contributed by atoms with Gasteiger partial charge in [-0.1, -0.05) is 0 Å². The highest BCUT2D eigenvalue weighted by Gasteiger charge is 2.43. The van der Waals surface area contributed by atoms with Crippen LogP contribution in [0, 0.1) is 5.92 Å². The Morgan fingerprint density at radius 1 is 1.05 bits per heavy atom. The van der Waals surface area contributed by atoms with E-state index >= 15 is 0 Å². The number of amides is 2. The fourth-order valence-corrected chi connectivity index (χ4v) is 4.59. The average Bonchev–Trinajstić information content (AvgIpc) is 3.21. The number of hydrogen-bond donors (Lipinski definition) is 1. The van der Waals surface area contributed by atoms with Crippen LogP contribution in [-0.4, -0.2) is 55.3 Å². The summed E-state index contributed by atoms with van der Waals surface area (Å²) in [6.45, 7) is 0.415. The molecule has 1 unspecified atom stereocenters. The summed E-state index contributed by atoms with van der Waals surface area (Å²) in [5, 5.41) is 2.83. The Bertz CT molecular complexity index is 512. The molecule has 0 radical (unpaired) electrons. The standard InChI is InChI=1S/C13H20N2O4S/c16-11-3-6-15(10-4-7-20(18,19)8-5-10)13(17)12(14-11)9-1-2-9/h9-10,12H,1-8H2,(H,14,16). The molecule has 2 saturated heterocycles. The zero-order valence-corrected chi connectivity index (χ0v) is 12.2. The van der Waals surface area contributed by atoms with Crippen LogP contribution in [0.4, 0.5) is 0 Å². The Morgan fingerprint density at radius 2 is 1.70 bits per heavy atom. The summed E-state index contributed by atoms with van der Waals surface area (Å²) in [5.41, 5.74) is 0. The van der Waals surface area contributed by atoms with E-state index in [1.165, 1.54) is 0 Å². The largest absolute Gasteiger partial charge is 0.344 e. The summed E-state index contributed by atoms with van der Waals surface area (Å²) in [7, 11) is -2.93. The summed E-state index contributed by atoms with van der Waals surface area (Å²) in [4.78, 5) is 26.1. The van der Waals surface area contributed by atoms with Gasteiger partial charge in [-0.25, -0.2) is 8.42 Å². The summed E-state index contributed by atoms with van der Waals surface area (Å²) < 4.78 is 23.0. The van der Waals surface area contributed by atoms with Crippen LogP contribution in [0.1, 0.15) is 32.1 Å². The normalized spacial score (nSPS) is 31.8. The van der Waals surface area contributed by atoms with Crippen molar-refractivity contribution in [3.05, 3.63) is 0 Å². The molecule has 1 N–H and O–H groups in total. The van der Waals surface area contributed by atoms with Crippen LogP contribution in [0.2, 0.25) is 0 Å². The monoisotopic (exact) mass is 300 g/mol. The summed E-state index contributed by atoms with van der Waals surface area (Å²) >= 11 is 0. The number of rotatable bonds is 2. The van der Waals surface area contributed by atoms with Gasteiger partial charge in [0.2, 0.25) is 11.8 Å². The van der Waals surface area contributed by atoms with Gasteiger partial charge in [-0.05, 0) is 31.6 Å². The van der Waals surface area contributed by atoms with Crippen molar-refractivity contribution in [2.45, 2.75) is 44.2 Å². The van der Waals surface area contributed by atoms with Gasteiger partial charge in [0.1, 0.15) is 15.9 Å². The maximum atomic E-state index is 12.6. The van der Waals surface area contributed by atoms with Crippen molar-refractivity contribution in [3.63, 3.8) is 0 Å². The SMILES string of the molecule is O=C1CCN(C2CCS(=O)(=O)CC2)C(=O)C(C2CC2)N1. The van der Waals surface area contributed by atoms with Crippen LogP contribution in [0.5, 0.6) is 0 Å². The van der Waals surface area contributed by atoms with Gasteiger partial charge in [-0.2, -0.15) is 0 Å². The Kier molecular flexibility index (Phi) is 3.48. The lowest BCUT2D eigenvalue weighted by Crippen LogP contribution is -2.51. The molecule has 2 amide bonds. The van der Waals surface area contributed by atoms with Crippen molar-refractivity contribution in [1.82, 2.24) is 10.2 Å². The number of carbonyl (C=O) groups is 2. The van der Waals surface area contributed by atoms with Gasteiger partial charge in [0, 0.05) is 19.0 Å². The topological polar surface area (TPSA) is 83.6 Å². The Hall–Kier alpha value is -1.11. The molecule has 1 atom stereocenters. The summed E-state index contributed by atoms with van der Waals surface area (Å²) in [6.07, 6.45) is 3.30. The predicted octanol–water partition coefficient (Wildman–Crippen LogP) is -0.309. The molecular formula is C13H20N2O4S. The Labute approximate surface area is 118 Å². The van der Waals surface area contributed by atoms with E-state index in [9.17, 15) is 18.0 Å². The van der Waals surface area contributed by atoms with E-state index in [0.717, 1.165) is 12.8 Å². The van der Waals surface area contributed by atoms with Gasteiger partial charge in [-0.3, -0.25) is 9.59 Å². The van der Waals surface area contributed by atoms with Crippen molar-refractivity contribution in [3.8, 4) is 0 Å². The van der Waals surface area contributed by atoms with Crippen molar-refractivity contribution in [2.75, 3.05) is 18.1 Å². The molecule has 1 aliphatic carbocycles. The van der Waals surface area contributed by atoms with E-state index in [1.54, 1.807) is 4.90 Å². The predicted molar refractivity (Wildman–Crippen MR) is 72.7 cm³/mol. The highest BCUT2D eigenvalue weighted by molar-refractivity contribution is 7.91. The quantitative estimate of drug-likeness (QED) is 0.758. The maximum absolute atomic E-state index is 12.6.